The molecule has 0 aliphatic heterocycles. The summed E-state index contributed by atoms with van der Waals surface area (Å²) in [5.41, 5.74) is 0. The molecule has 2 atom stereocenters. The van der Waals surface area contributed by atoms with Gasteiger partial charge in [-0.15, -0.1) is 0 Å². The number of nitrogens with one attached hydrogen (secondary N) is 1. The van der Waals surface area contributed by atoms with Gasteiger partial charge >= 0.3 is 0 Å². The van der Waals surface area contributed by atoms with E-state index in [2.05, 4.69) is 11.6 Å². The molecule has 1 aliphatic rings. The summed E-state index contributed by atoms with van der Waals surface area (Å²) in [5, 5.41) is 0. The normalized spacial score (nSPS) is 27.9. The Morgan fingerprint density at radius 1 is 1.20 bits per heavy atom. The number of hydrogen-bond donors (Lipinski definition) is 1. The lowest BCUT2D eigenvalue weighted by atomic mass is 9.83. The van der Waals surface area contributed by atoms with Crippen LogP contribution < -0.4 is 4.72 Å². The fourth-order valence-corrected chi connectivity index (χ4v) is 3.84. The average Bonchev–Trinajstić information content (AvgIpc) is 2.17. The summed E-state index contributed by atoms with van der Waals surface area (Å²) < 4.78 is 26.2. The molecule has 1 saturated carbocycles. The minimum absolute atomic E-state index is 0.195. The molecule has 0 saturated heterocycles. The predicted molar refractivity (Wildman–Crippen MR) is 63.3 cm³/mol. The van der Waals surface area contributed by atoms with Crippen molar-refractivity contribution in [3.63, 3.8) is 0 Å². The fourth-order valence-electron chi connectivity index (χ4n) is 2.41. The van der Waals surface area contributed by atoms with Crippen LogP contribution in [-0.2, 0) is 10.0 Å². The molecule has 1 N–H and O–H groups in total. The van der Waals surface area contributed by atoms with E-state index >= 15 is 0 Å². The molecule has 0 aromatic heterocycles. The van der Waals surface area contributed by atoms with Crippen molar-refractivity contribution in [3.8, 4) is 0 Å². The van der Waals surface area contributed by atoms with Gasteiger partial charge in [-0.3, -0.25) is 0 Å². The zero-order chi connectivity index (χ0) is 11.3. The summed E-state index contributed by atoms with van der Waals surface area (Å²) in [6, 6.07) is 0.195. The Labute approximate surface area is 93.7 Å². The number of hydrogen-bond acceptors (Lipinski definition) is 2. The Morgan fingerprint density at radius 2 is 1.87 bits per heavy atom. The van der Waals surface area contributed by atoms with E-state index < -0.39 is 10.0 Å². The third-order valence-electron chi connectivity index (χ3n) is 3.24. The first-order valence-corrected chi connectivity index (χ1v) is 7.74. The van der Waals surface area contributed by atoms with Crippen LogP contribution in [0.25, 0.3) is 0 Å². The van der Waals surface area contributed by atoms with E-state index in [0.29, 0.717) is 12.3 Å². The molecule has 0 aromatic rings. The molecule has 0 spiro atoms. The second kappa shape index (κ2) is 5.85. The van der Waals surface area contributed by atoms with Crippen LogP contribution in [0.1, 0.15) is 52.4 Å². The van der Waals surface area contributed by atoms with Gasteiger partial charge < -0.3 is 0 Å². The molecule has 1 rings (SSSR count). The van der Waals surface area contributed by atoms with Crippen molar-refractivity contribution in [2.75, 3.05) is 5.75 Å². The Balaban J connectivity index is 2.54. The molecule has 1 aliphatic carbocycles. The zero-order valence-electron chi connectivity index (χ0n) is 9.83. The topological polar surface area (TPSA) is 46.2 Å². The fraction of sp³-hybridized carbons (Fsp3) is 1.00. The van der Waals surface area contributed by atoms with Gasteiger partial charge in [-0.25, -0.2) is 13.1 Å². The lowest BCUT2D eigenvalue weighted by Gasteiger charge is -2.31. The summed E-state index contributed by atoms with van der Waals surface area (Å²) in [6.45, 7) is 4.05. The third-order valence-corrected chi connectivity index (χ3v) is 4.84. The van der Waals surface area contributed by atoms with Gasteiger partial charge in [-0.2, -0.15) is 0 Å². The molecule has 15 heavy (non-hydrogen) atoms. The van der Waals surface area contributed by atoms with Crippen LogP contribution in [0.5, 0.6) is 0 Å². The predicted octanol–water partition coefficient (Wildman–Crippen LogP) is 2.28. The van der Waals surface area contributed by atoms with Crippen molar-refractivity contribution >= 4 is 10.0 Å². The highest BCUT2D eigenvalue weighted by Crippen LogP contribution is 2.27. The standard InChI is InChI=1S/C11H23NO2S/c1-3-9-15(13,14)12-11-8-6-5-7-10(11)4-2/h10-12H,3-9H2,1-2H3. The third kappa shape index (κ3) is 4.11. The van der Waals surface area contributed by atoms with Gasteiger partial charge in [0.15, 0.2) is 0 Å². The second-order valence-electron chi connectivity index (χ2n) is 4.50. The maximum atomic E-state index is 11.6. The maximum absolute atomic E-state index is 11.6. The van der Waals surface area contributed by atoms with Crippen LogP contribution in [0, 0.1) is 5.92 Å². The van der Waals surface area contributed by atoms with Gasteiger partial charge in [-0.05, 0) is 25.2 Å². The quantitative estimate of drug-likeness (QED) is 0.792. The Hall–Kier alpha value is -0.0900. The smallest absolute Gasteiger partial charge is 0.211 e. The van der Waals surface area contributed by atoms with Crippen molar-refractivity contribution in [2.24, 2.45) is 5.92 Å². The van der Waals surface area contributed by atoms with E-state index in [1.807, 2.05) is 6.92 Å². The molecule has 0 bridgehead atoms. The van der Waals surface area contributed by atoms with Crippen LogP contribution in [-0.4, -0.2) is 20.2 Å². The summed E-state index contributed by atoms with van der Waals surface area (Å²) in [4.78, 5) is 0. The summed E-state index contributed by atoms with van der Waals surface area (Å²) in [5.74, 6) is 0.810. The van der Waals surface area contributed by atoms with Crippen molar-refractivity contribution in [1.29, 1.82) is 0 Å². The Kier molecular flexibility index (Phi) is 5.06. The highest BCUT2D eigenvalue weighted by atomic mass is 32.2. The van der Waals surface area contributed by atoms with Gasteiger partial charge in [0, 0.05) is 6.04 Å². The molecule has 1 fully saturated rings. The van der Waals surface area contributed by atoms with Gasteiger partial charge in [-0.1, -0.05) is 33.1 Å². The van der Waals surface area contributed by atoms with E-state index in [9.17, 15) is 8.42 Å². The van der Waals surface area contributed by atoms with Gasteiger partial charge in [0.25, 0.3) is 0 Å². The van der Waals surface area contributed by atoms with Crippen LogP contribution in [0.15, 0.2) is 0 Å². The van der Waals surface area contributed by atoms with Gasteiger partial charge in [0.1, 0.15) is 0 Å². The Bertz CT molecular complexity index is 274. The SMILES string of the molecule is CCCS(=O)(=O)NC1CCCCC1CC. The van der Waals surface area contributed by atoms with Gasteiger partial charge in [0.05, 0.1) is 5.75 Å². The van der Waals surface area contributed by atoms with Crippen LogP contribution in [0.4, 0.5) is 0 Å². The largest absolute Gasteiger partial charge is 0.212 e. The van der Waals surface area contributed by atoms with Crippen molar-refractivity contribution in [2.45, 2.75) is 58.4 Å². The van der Waals surface area contributed by atoms with Crippen LogP contribution >= 0.6 is 0 Å². The lowest BCUT2D eigenvalue weighted by Crippen LogP contribution is -2.42. The Morgan fingerprint density at radius 3 is 2.47 bits per heavy atom. The highest BCUT2D eigenvalue weighted by Gasteiger charge is 2.26. The molecule has 2 unspecified atom stereocenters. The highest BCUT2D eigenvalue weighted by molar-refractivity contribution is 7.89. The molecular formula is C11H23NO2S. The molecule has 0 heterocycles. The number of rotatable bonds is 5. The molecule has 3 nitrogen and oxygen atoms in total. The van der Waals surface area contributed by atoms with E-state index in [0.717, 1.165) is 19.3 Å². The summed E-state index contributed by atoms with van der Waals surface area (Å²) >= 11 is 0. The summed E-state index contributed by atoms with van der Waals surface area (Å²) in [7, 11) is -3.02. The molecule has 4 heteroatoms. The molecule has 0 aromatic carbocycles. The monoisotopic (exact) mass is 233 g/mol. The molecule has 0 radical (unpaired) electrons. The van der Waals surface area contributed by atoms with Crippen LogP contribution in [0.2, 0.25) is 0 Å². The first-order chi connectivity index (χ1) is 7.09. The summed E-state index contributed by atoms with van der Waals surface area (Å²) in [6.07, 6.45) is 6.38. The number of sulfonamides is 1. The van der Waals surface area contributed by atoms with Crippen molar-refractivity contribution in [1.82, 2.24) is 4.72 Å². The van der Waals surface area contributed by atoms with E-state index in [1.165, 1.54) is 12.8 Å². The first kappa shape index (κ1) is 13.0. The van der Waals surface area contributed by atoms with Gasteiger partial charge in [0.2, 0.25) is 10.0 Å². The minimum atomic E-state index is -3.02. The first-order valence-electron chi connectivity index (χ1n) is 6.09. The van der Waals surface area contributed by atoms with E-state index in [4.69, 9.17) is 0 Å². The van der Waals surface area contributed by atoms with Crippen molar-refractivity contribution < 1.29 is 8.42 Å². The second-order valence-corrected chi connectivity index (χ2v) is 6.37. The lowest BCUT2D eigenvalue weighted by molar-refractivity contribution is 0.282. The van der Waals surface area contributed by atoms with Crippen LogP contribution in [0.3, 0.4) is 0 Å². The zero-order valence-corrected chi connectivity index (χ0v) is 10.6. The average molecular weight is 233 g/mol. The maximum Gasteiger partial charge on any atom is 0.211 e. The molecule has 90 valence electrons. The van der Waals surface area contributed by atoms with E-state index in [-0.39, 0.29) is 11.8 Å². The minimum Gasteiger partial charge on any atom is -0.212 e. The molecule has 0 amide bonds. The molecular weight excluding hydrogens is 210 g/mol. The van der Waals surface area contributed by atoms with E-state index in [1.54, 1.807) is 0 Å². The van der Waals surface area contributed by atoms with Crippen molar-refractivity contribution in [3.05, 3.63) is 0 Å².